The average Bonchev–Trinajstić information content (AvgIpc) is 2.28. The lowest BCUT2D eigenvalue weighted by Crippen LogP contribution is -2.20. The van der Waals surface area contributed by atoms with Crippen molar-refractivity contribution in [3.05, 3.63) is 51.1 Å². The standard InChI is InChI=1S/C12H10Cl3NO/c13-8-2-1-3-11(12(8)15)17-10-5-4-7(16)6-9(10)14/h1-4,6,10H,5,16H2. The smallest absolute Gasteiger partial charge is 0.140 e. The third kappa shape index (κ3) is 2.89. The van der Waals surface area contributed by atoms with E-state index in [4.69, 9.17) is 45.3 Å². The van der Waals surface area contributed by atoms with E-state index in [1.807, 2.05) is 6.08 Å². The Morgan fingerprint density at radius 3 is 2.71 bits per heavy atom. The summed E-state index contributed by atoms with van der Waals surface area (Å²) in [5.74, 6) is 0.518. The molecule has 0 amide bonds. The van der Waals surface area contributed by atoms with Gasteiger partial charge in [-0.15, -0.1) is 0 Å². The molecule has 0 fully saturated rings. The largest absolute Gasteiger partial charge is 0.483 e. The topological polar surface area (TPSA) is 35.2 Å². The van der Waals surface area contributed by atoms with E-state index >= 15 is 0 Å². The second-order valence-electron chi connectivity index (χ2n) is 3.63. The van der Waals surface area contributed by atoms with Crippen LogP contribution in [0.4, 0.5) is 0 Å². The van der Waals surface area contributed by atoms with Gasteiger partial charge < -0.3 is 10.5 Å². The van der Waals surface area contributed by atoms with Gasteiger partial charge in [0, 0.05) is 12.1 Å². The summed E-state index contributed by atoms with van der Waals surface area (Å²) < 4.78 is 5.71. The van der Waals surface area contributed by atoms with E-state index in [9.17, 15) is 0 Å². The molecule has 2 N–H and O–H groups in total. The molecule has 0 aromatic heterocycles. The van der Waals surface area contributed by atoms with Crippen LogP contribution in [0.15, 0.2) is 41.1 Å². The van der Waals surface area contributed by atoms with Gasteiger partial charge >= 0.3 is 0 Å². The van der Waals surface area contributed by atoms with Crippen LogP contribution in [0.25, 0.3) is 0 Å². The highest BCUT2D eigenvalue weighted by Crippen LogP contribution is 2.34. The monoisotopic (exact) mass is 289 g/mol. The van der Waals surface area contributed by atoms with Gasteiger partial charge in [-0.3, -0.25) is 0 Å². The summed E-state index contributed by atoms with van der Waals surface area (Å²) in [6.07, 6.45) is 3.88. The van der Waals surface area contributed by atoms with Gasteiger partial charge in [0.05, 0.1) is 10.1 Å². The zero-order chi connectivity index (χ0) is 12.4. The van der Waals surface area contributed by atoms with Crippen LogP contribution in [0.1, 0.15) is 6.42 Å². The maximum absolute atomic E-state index is 6.06. The summed E-state index contributed by atoms with van der Waals surface area (Å²) >= 11 is 18.0. The summed E-state index contributed by atoms with van der Waals surface area (Å²) in [7, 11) is 0. The van der Waals surface area contributed by atoms with Crippen molar-refractivity contribution in [2.45, 2.75) is 12.5 Å². The molecule has 1 aliphatic carbocycles. The quantitative estimate of drug-likeness (QED) is 0.889. The molecule has 1 unspecified atom stereocenters. The fourth-order valence-electron chi connectivity index (χ4n) is 1.50. The fourth-order valence-corrected chi connectivity index (χ4v) is 2.10. The Kier molecular flexibility index (Phi) is 3.87. The maximum atomic E-state index is 6.06. The second-order valence-corrected chi connectivity index (χ2v) is 4.85. The molecule has 90 valence electrons. The molecule has 0 saturated heterocycles. The molecule has 1 aromatic rings. The minimum Gasteiger partial charge on any atom is -0.483 e. The number of ether oxygens (including phenoxy) is 1. The van der Waals surface area contributed by atoms with Gasteiger partial charge in [0.2, 0.25) is 0 Å². The third-order valence-electron chi connectivity index (χ3n) is 2.37. The van der Waals surface area contributed by atoms with Crippen LogP contribution in [0.3, 0.4) is 0 Å². The summed E-state index contributed by atoms with van der Waals surface area (Å²) in [5, 5.41) is 1.40. The van der Waals surface area contributed by atoms with Crippen LogP contribution in [-0.2, 0) is 0 Å². The SMILES string of the molecule is NC1=CCC(Oc2cccc(Cl)c2Cl)C(Cl)=C1. The minimum absolute atomic E-state index is 0.264. The number of allylic oxidation sites excluding steroid dienone is 1. The molecule has 1 aliphatic rings. The van der Waals surface area contributed by atoms with Gasteiger partial charge in [-0.1, -0.05) is 46.9 Å². The van der Waals surface area contributed by atoms with Crippen LogP contribution in [-0.4, -0.2) is 6.10 Å². The van der Waals surface area contributed by atoms with Crippen LogP contribution in [0.5, 0.6) is 5.75 Å². The molecule has 5 heteroatoms. The molecule has 2 nitrogen and oxygen atoms in total. The predicted molar refractivity (Wildman–Crippen MR) is 71.7 cm³/mol. The second kappa shape index (κ2) is 5.21. The van der Waals surface area contributed by atoms with Crippen LogP contribution < -0.4 is 10.5 Å². The normalized spacial score (nSPS) is 19.6. The minimum atomic E-state index is -0.264. The van der Waals surface area contributed by atoms with E-state index in [1.54, 1.807) is 24.3 Å². The van der Waals surface area contributed by atoms with E-state index < -0.39 is 0 Å². The highest BCUT2D eigenvalue weighted by molar-refractivity contribution is 6.42. The zero-order valence-corrected chi connectivity index (χ0v) is 11.1. The zero-order valence-electron chi connectivity index (χ0n) is 8.79. The molecule has 0 aliphatic heterocycles. The van der Waals surface area contributed by atoms with Crippen molar-refractivity contribution in [3.8, 4) is 5.75 Å². The van der Waals surface area contributed by atoms with E-state index in [0.29, 0.717) is 32.9 Å². The Balaban J connectivity index is 2.18. The van der Waals surface area contributed by atoms with Crippen LogP contribution >= 0.6 is 34.8 Å². The van der Waals surface area contributed by atoms with E-state index in [0.717, 1.165) is 0 Å². The lowest BCUT2D eigenvalue weighted by molar-refractivity contribution is 0.246. The third-order valence-corrected chi connectivity index (χ3v) is 3.52. The number of rotatable bonds is 2. The number of halogens is 3. The number of hydrogen-bond donors (Lipinski definition) is 1. The molecular formula is C12H10Cl3NO. The number of nitrogens with two attached hydrogens (primary N) is 1. The number of hydrogen-bond acceptors (Lipinski definition) is 2. The average molecular weight is 291 g/mol. The van der Waals surface area contributed by atoms with Crippen molar-refractivity contribution in [2.75, 3.05) is 0 Å². The summed E-state index contributed by atoms with van der Waals surface area (Å²) in [4.78, 5) is 0. The van der Waals surface area contributed by atoms with Gasteiger partial charge in [-0.2, -0.15) is 0 Å². The number of benzene rings is 1. The van der Waals surface area contributed by atoms with Gasteiger partial charge in [-0.05, 0) is 18.2 Å². The molecule has 17 heavy (non-hydrogen) atoms. The first-order chi connectivity index (χ1) is 8.08. The van der Waals surface area contributed by atoms with Crippen molar-refractivity contribution in [1.29, 1.82) is 0 Å². The van der Waals surface area contributed by atoms with Crippen LogP contribution in [0.2, 0.25) is 10.0 Å². The summed E-state index contributed by atoms with van der Waals surface area (Å²) in [6.45, 7) is 0. The molecule has 0 spiro atoms. The van der Waals surface area contributed by atoms with E-state index in [-0.39, 0.29) is 6.10 Å². The molecule has 0 radical (unpaired) electrons. The highest BCUT2D eigenvalue weighted by Gasteiger charge is 2.19. The molecule has 0 bridgehead atoms. The maximum Gasteiger partial charge on any atom is 0.140 e. The van der Waals surface area contributed by atoms with Crippen LogP contribution in [0, 0.1) is 0 Å². The summed E-state index contributed by atoms with van der Waals surface area (Å²) in [5.41, 5.74) is 6.28. The lowest BCUT2D eigenvalue weighted by Gasteiger charge is -2.21. The first kappa shape index (κ1) is 12.6. The Morgan fingerprint density at radius 2 is 2.00 bits per heavy atom. The first-order valence-electron chi connectivity index (χ1n) is 5.01. The molecular weight excluding hydrogens is 280 g/mol. The highest BCUT2D eigenvalue weighted by atomic mass is 35.5. The molecule has 1 aromatic carbocycles. The van der Waals surface area contributed by atoms with Crippen molar-refractivity contribution in [1.82, 2.24) is 0 Å². The molecule has 1 atom stereocenters. The van der Waals surface area contributed by atoms with E-state index in [2.05, 4.69) is 0 Å². The first-order valence-corrected chi connectivity index (χ1v) is 6.14. The summed E-state index contributed by atoms with van der Waals surface area (Å²) in [6, 6.07) is 5.22. The van der Waals surface area contributed by atoms with Crippen molar-refractivity contribution in [3.63, 3.8) is 0 Å². The molecule has 0 saturated carbocycles. The van der Waals surface area contributed by atoms with Crippen molar-refractivity contribution in [2.24, 2.45) is 5.73 Å². The predicted octanol–water partition coefficient (Wildman–Crippen LogP) is 4.11. The molecule has 2 rings (SSSR count). The van der Waals surface area contributed by atoms with E-state index in [1.165, 1.54) is 0 Å². The van der Waals surface area contributed by atoms with Gasteiger partial charge in [0.1, 0.15) is 16.9 Å². The Hall–Kier alpha value is -0.830. The molecule has 0 heterocycles. The van der Waals surface area contributed by atoms with Gasteiger partial charge in [-0.25, -0.2) is 0 Å². The van der Waals surface area contributed by atoms with Gasteiger partial charge in [0.15, 0.2) is 0 Å². The van der Waals surface area contributed by atoms with Gasteiger partial charge in [0.25, 0.3) is 0 Å². The lowest BCUT2D eigenvalue weighted by atomic mass is 10.1. The van der Waals surface area contributed by atoms with Crippen molar-refractivity contribution >= 4 is 34.8 Å². The Labute approximate surface area is 115 Å². The Bertz CT molecular complexity index is 497. The van der Waals surface area contributed by atoms with Crippen molar-refractivity contribution < 1.29 is 4.74 Å². The fraction of sp³-hybridized carbons (Fsp3) is 0.167. The Morgan fingerprint density at radius 1 is 1.24 bits per heavy atom.